The molecule has 1 N–H and O–H groups in total. The summed E-state index contributed by atoms with van der Waals surface area (Å²) in [6, 6.07) is 5.30. The third-order valence-electron chi connectivity index (χ3n) is 1.68. The Morgan fingerprint density at radius 3 is 2.69 bits per heavy atom. The number of carbonyl (C=O) groups excluding carboxylic acids is 1. The summed E-state index contributed by atoms with van der Waals surface area (Å²) in [5, 5.41) is 2.61. The highest BCUT2D eigenvalue weighted by atomic mass is 16.5. The monoisotopic (exact) mass is 222 g/mol. The summed E-state index contributed by atoms with van der Waals surface area (Å²) in [7, 11) is 0. The van der Waals surface area contributed by atoms with E-state index >= 15 is 0 Å². The van der Waals surface area contributed by atoms with Crippen LogP contribution < -0.4 is 10.1 Å². The van der Waals surface area contributed by atoms with E-state index in [1.54, 1.807) is 18.2 Å². The van der Waals surface area contributed by atoms with Gasteiger partial charge in [0.15, 0.2) is 0 Å². The maximum atomic E-state index is 10.8. The lowest BCUT2D eigenvalue weighted by atomic mass is 9.99. The Balaban J connectivity index is 2.64. The van der Waals surface area contributed by atoms with E-state index in [9.17, 15) is 4.79 Å². The third kappa shape index (κ3) is 4.77. The van der Waals surface area contributed by atoms with E-state index in [-0.39, 0.29) is 11.3 Å². The normalized spacial score (nSPS) is 11.0. The van der Waals surface area contributed by atoms with E-state index in [2.05, 4.69) is 31.1 Å². The first-order valence-corrected chi connectivity index (χ1v) is 5.24. The van der Waals surface area contributed by atoms with Crippen LogP contribution in [0, 0.1) is 5.41 Å². The van der Waals surface area contributed by atoms with Crippen molar-refractivity contribution in [2.45, 2.75) is 27.7 Å². The molecule has 88 valence electrons. The van der Waals surface area contributed by atoms with Crippen molar-refractivity contribution in [1.29, 1.82) is 0 Å². The largest absolute Gasteiger partial charge is 0.477 e. The lowest BCUT2D eigenvalue weighted by Crippen LogP contribution is -2.17. The summed E-state index contributed by atoms with van der Waals surface area (Å²) >= 11 is 0. The molecule has 0 saturated carbocycles. The van der Waals surface area contributed by atoms with Gasteiger partial charge in [-0.15, -0.1) is 0 Å². The second-order valence-corrected chi connectivity index (χ2v) is 4.89. The Morgan fingerprint density at radius 1 is 1.44 bits per heavy atom. The second kappa shape index (κ2) is 4.96. The SMILES string of the molecule is CC(=O)Nc1cccc(OCC(C)(C)C)n1. The molecule has 0 unspecified atom stereocenters. The zero-order valence-electron chi connectivity index (χ0n) is 10.2. The predicted octanol–water partition coefficient (Wildman–Crippen LogP) is 2.46. The molecule has 0 saturated heterocycles. The summed E-state index contributed by atoms with van der Waals surface area (Å²) in [6.07, 6.45) is 0. The average molecular weight is 222 g/mol. The molecular formula is C12H18N2O2. The van der Waals surface area contributed by atoms with Gasteiger partial charge in [-0.25, -0.2) is 0 Å². The number of anilines is 1. The van der Waals surface area contributed by atoms with Crippen molar-refractivity contribution in [2.24, 2.45) is 5.41 Å². The number of ether oxygens (including phenoxy) is 1. The van der Waals surface area contributed by atoms with Gasteiger partial charge in [0.1, 0.15) is 5.82 Å². The Labute approximate surface area is 96.0 Å². The molecule has 1 aromatic rings. The average Bonchev–Trinajstić information content (AvgIpc) is 2.13. The van der Waals surface area contributed by atoms with Crippen molar-refractivity contribution < 1.29 is 9.53 Å². The first-order valence-electron chi connectivity index (χ1n) is 5.24. The third-order valence-corrected chi connectivity index (χ3v) is 1.68. The highest BCUT2D eigenvalue weighted by Gasteiger charge is 2.11. The van der Waals surface area contributed by atoms with Crippen molar-refractivity contribution >= 4 is 11.7 Å². The first kappa shape index (κ1) is 12.5. The van der Waals surface area contributed by atoms with Crippen LogP contribution in [0.15, 0.2) is 18.2 Å². The summed E-state index contributed by atoms with van der Waals surface area (Å²) in [4.78, 5) is 15.0. The quantitative estimate of drug-likeness (QED) is 0.854. The molecule has 16 heavy (non-hydrogen) atoms. The minimum absolute atomic E-state index is 0.0890. The van der Waals surface area contributed by atoms with E-state index in [1.807, 2.05) is 0 Å². The number of amides is 1. The van der Waals surface area contributed by atoms with Crippen LogP contribution in [0.1, 0.15) is 27.7 Å². The fourth-order valence-corrected chi connectivity index (χ4v) is 1.04. The van der Waals surface area contributed by atoms with Crippen LogP contribution in [0.3, 0.4) is 0 Å². The van der Waals surface area contributed by atoms with Crippen molar-refractivity contribution in [1.82, 2.24) is 4.98 Å². The standard InChI is InChI=1S/C12H18N2O2/c1-9(15)13-10-6-5-7-11(14-10)16-8-12(2,3)4/h5-7H,8H2,1-4H3,(H,13,14,15). The molecule has 0 aliphatic carbocycles. The Bertz CT molecular complexity index is 370. The summed E-state index contributed by atoms with van der Waals surface area (Å²) in [5.41, 5.74) is 0.0890. The van der Waals surface area contributed by atoms with Gasteiger partial charge >= 0.3 is 0 Å². The maximum Gasteiger partial charge on any atom is 0.222 e. The van der Waals surface area contributed by atoms with Crippen LogP contribution in [-0.2, 0) is 4.79 Å². The molecule has 0 aromatic carbocycles. The Morgan fingerprint density at radius 2 is 2.12 bits per heavy atom. The first-order chi connectivity index (χ1) is 7.37. The molecule has 0 radical (unpaired) electrons. The van der Waals surface area contributed by atoms with Gasteiger partial charge in [0.05, 0.1) is 6.61 Å². The summed E-state index contributed by atoms with van der Waals surface area (Å²) < 4.78 is 5.53. The van der Waals surface area contributed by atoms with Gasteiger partial charge < -0.3 is 10.1 Å². The zero-order valence-corrected chi connectivity index (χ0v) is 10.2. The van der Waals surface area contributed by atoms with Crippen LogP contribution in [0.2, 0.25) is 0 Å². The van der Waals surface area contributed by atoms with Crippen molar-refractivity contribution in [2.75, 3.05) is 11.9 Å². The molecule has 0 atom stereocenters. The van der Waals surface area contributed by atoms with Crippen LogP contribution in [0.4, 0.5) is 5.82 Å². The highest BCUT2D eigenvalue weighted by Crippen LogP contribution is 2.17. The van der Waals surface area contributed by atoms with Gasteiger partial charge in [-0.1, -0.05) is 26.8 Å². The lowest BCUT2D eigenvalue weighted by Gasteiger charge is -2.18. The number of rotatable bonds is 3. The van der Waals surface area contributed by atoms with Crippen molar-refractivity contribution in [3.63, 3.8) is 0 Å². The van der Waals surface area contributed by atoms with Gasteiger partial charge in [-0.2, -0.15) is 4.98 Å². The van der Waals surface area contributed by atoms with E-state index in [4.69, 9.17) is 4.74 Å². The number of carbonyl (C=O) groups is 1. The van der Waals surface area contributed by atoms with Gasteiger partial charge in [-0.3, -0.25) is 4.79 Å². The molecule has 0 bridgehead atoms. The maximum absolute atomic E-state index is 10.8. The van der Waals surface area contributed by atoms with Crippen molar-refractivity contribution in [3.05, 3.63) is 18.2 Å². The van der Waals surface area contributed by atoms with E-state index in [0.29, 0.717) is 18.3 Å². The molecule has 1 amide bonds. The topological polar surface area (TPSA) is 51.2 Å². The number of hydrogen-bond donors (Lipinski definition) is 1. The number of nitrogens with zero attached hydrogens (tertiary/aromatic N) is 1. The number of pyridine rings is 1. The van der Waals surface area contributed by atoms with Crippen LogP contribution in [0.5, 0.6) is 5.88 Å². The number of aromatic nitrogens is 1. The van der Waals surface area contributed by atoms with Crippen LogP contribution in [-0.4, -0.2) is 17.5 Å². The van der Waals surface area contributed by atoms with E-state index < -0.39 is 0 Å². The molecule has 1 rings (SSSR count). The minimum atomic E-state index is -0.138. The molecular weight excluding hydrogens is 204 g/mol. The predicted molar refractivity (Wildman–Crippen MR) is 63.5 cm³/mol. The van der Waals surface area contributed by atoms with Crippen molar-refractivity contribution in [3.8, 4) is 5.88 Å². The van der Waals surface area contributed by atoms with Gasteiger partial charge in [0.2, 0.25) is 11.8 Å². The summed E-state index contributed by atoms with van der Waals surface area (Å²) in [6.45, 7) is 8.30. The molecule has 0 aliphatic rings. The smallest absolute Gasteiger partial charge is 0.222 e. The fourth-order valence-electron chi connectivity index (χ4n) is 1.04. The zero-order chi connectivity index (χ0) is 12.2. The van der Waals surface area contributed by atoms with Crippen LogP contribution >= 0.6 is 0 Å². The van der Waals surface area contributed by atoms with Gasteiger partial charge in [0.25, 0.3) is 0 Å². The van der Waals surface area contributed by atoms with Crippen LogP contribution in [0.25, 0.3) is 0 Å². The molecule has 4 heteroatoms. The second-order valence-electron chi connectivity index (χ2n) is 4.89. The lowest BCUT2D eigenvalue weighted by molar-refractivity contribution is -0.114. The fraction of sp³-hybridized carbons (Fsp3) is 0.500. The van der Waals surface area contributed by atoms with E-state index in [1.165, 1.54) is 6.92 Å². The molecule has 1 aromatic heterocycles. The highest BCUT2D eigenvalue weighted by molar-refractivity contribution is 5.87. The Hall–Kier alpha value is -1.58. The Kier molecular flexibility index (Phi) is 3.88. The molecule has 4 nitrogen and oxygen atoms in total. The van der Waals surface area contributed by atoms with Gasteiger partial charge in [0, 0.05) is 13.0 Å². The molecule has 0 fully saturated rings. The number of nitrogens with one attached hydrogen (secondary N) is 1. The number of hydrogen-bond acceptors (Lipinski definition) is 3. The summed E-state index contributed by atoms with van der Waals surface area (Å²) in [5.74, 6) is 0.903. The molecule has 0 spiro atoms. The van der Waals surface area contributed by atoms with Gasteiger partial charge in [-0.05, 0) is 11.5 Å². The minimum Gasteiger partial charge on any atom is -0.477 e. The van der Waals surface area contributed by atoms with E-state index in [0.717, 1.165) is 0 Å². The molecule has 1 heterocycles. The molecule has 0 aliphatic heterocycles.